The van der Waals surface area contributed by atoms with Gasteiger partial charge in [-0.2, -0.15) is 0 Å². The van der Waals surface area contributed by atoms with Gasteiger partial charge in [-0.25, -0.2) is 9.37 Å². The molecule has 124 valence electrons. The summed E-state index contributed by atoms with van der Waals surface area (Å²) in [7, 11) is 0. The molecule has 2 aromatic heterocycles. The van der Waals surface area contributed by atoms with Crippen LogP contribution in [0, 0.1) is 12.7 Å². The van der Waals surface area contributed by atoms with Crippen LogP contribution < -0.4 is 0 Å². The maximum Gasteiger partial charge on any atom is 0.211 e. The summed E-state index contributed by atoms with van der Waals surface area (Å²) in [6, 6.07) is 11.5. The Labute approximate surface area is 146 Å². The number of ketones is 1. The van der Waals surface area contributed by atoms with E-state index in [1.54, 1.807) is 0 Å². The normalized spacial score (nSPS) is 11.3. The molecular formula is C18H13FN4OS. The van der Waals surface area contributed by atoms with E-state index in [0.29, 0.717) is 21.9 Å². The third-order valence-electron chi connectivity index (χ3n) is 3.85. The van der Waals surface area contributed by atoms with Crippen LogP contribution in [-0.4, -0.2) is 31.7 Å². The van der Waals surface area contributed by atoms with Crippen LogP contribution in [0.15, 0.2) is 47.6 Å². The highest BCUT2D eigenvalue weighted by molar-refractivity contribution is 7.99. The van der Waals surface area contributed by atoms with E-state index in [-0.39, 0.29) is 17.4 Å². The lowest BCUT2D eigenvalue weighted by molar-refractivity contribution is 0.102. The topological polar surface area (TPSA) is 71.5 Å². The van der Waals surface area contributed by atoms with Crippen LogP contribution in [0.4, 0.5) is 4.39 Å². The Morgan fingerprint density at radius 2 is 1.96 bits per heavy atom. The van der Waals surface area contributed by atoms with E-state index < -0.39 is 0 Å². The predicted molar refractivity (Wildman–Crippen MR) is 95.4 cm³/mol. The van der Waals surface area contributed by atoms with Gasteiger partial charge in [0.2, 0.25) is 5.16 Å². The van der Waals surface area contributed by atoms with Crippen molar-refractivity contribution in [3.63, 3.8) is 0 Å². The molecule has 25 heavy (non-hydrogen) atoms. The molecule has 4 rings (SSSR count). The standard InChI is InChI=1S/C18H13FN4OS/c1-10-2-7-14-13(8-10)16-17(20-14)21-18(23-22-16)25-9-15(24)11-3-5-12(19)6-4-11/h2-8H,9H2,1H3,(H,20,21,23). The number of benzene rings is 2. The van der Waals surface area contributed by atoms with Gasteiger partial charge in [0.1, 0.15) is 11.3 Å². The Morgan fingerprint density at radius 3 is 2.76 bits per heavy atom. The van der Waals surface area contributed by atoms with Gasteiger partial charge < -0.3 is 4.98 Å². The summed E-state index contributed by atoms with van der Waals surface area (Å²) < 4.78 is 12.9. The predicted octanol–water partition coefficient (Wildman–Crippen LogP) is 3.93. The minimum Gasteiger partial charge on any atom is -0.338 e. The molecule has 0 aliphatic carbocycles. The second-order valence-corrected chi connectivity index (χ2v) is 6.63. The Bertz CT molecular complexity index is 1090. The van der Waals surface area contributed by atoms with Crippen molar-refractivity contribution in [3.8, 4) is 0 Å². The molecule has 2 aromatic carbocycles. The molecule has 0 spiro atoms. The summed E-state index contributed by atoms with van der Waals surface area (Å²) in [5.74, 6) is -0.310. The number of H-pyrrole nitrogens is 1. The summed E-state index contributed by atoms with van der Waals surface area (Å²) in [6.45, 7) is 2.02. The van der Waals surface area contributed by atoms with Crippen LogP contribution >= 0.6 is 11.8 Å². The van der Waals surface area contributed by atoms with Crippen molar-refractivity contribution in [1.29, 1.82) is 0 Å². The van der Waals surface area contributed by atoms with E-state index in [0.717, 1.165) is 16.5 Å². The number of aromatic nitrogens is 4. The fourth-order valence-electron chi connectivity index (χ4n) is 2.58. The Balaban J connectivity index is 1.56. The van der Waals surface area contributed by atoms with Crippen LogP contribution in [0.25, 0.3) is 22.1 Å². The minimum atomic E-state index is -0.365. The second kappa shape index (κ2) is 6.25. The molecular weight excluding hydrogens is 339 g/mol. The number of carbonyl (C=O) groups excluding carboxylic acids is 1. The maximum absolute atomic E-state index is 12.9. The number of rotatable bonds is 4. The van der Waals surface area contributed by atoms with E-state index in [1.165, 1.54) is 36.0 Å². The fourth-order valence-corrected chi connectivity index (χ4v) is 3.26. The van der Waals surface area contributed by atoms with Crippen molar-refractivity contribution < 1.29 is 9.18 Å². The summed E-state index contributed by atoms with van der Waals surface area (Å²) in [5, 5.41) is 9.76. The van der Waals surface area contributed by atoms with Gasteiger partial charge in [-0.15, -0.1) is 10.2 Å². The smallest absolute Gasteiger partial charge is 0.211 e. The molecule has 0 aliphatic rings. The molecule has 4 aromatic rings. The highest BCUT2D eigenvalue weighted by Gasteiger charge is 2.12. The average Bonchev–Trinajstić information content (AvgIpc) is 2.97. The van der Waals surface area contributed by atoms with Crippen molar-refractivity contribution in [3.05, 3.63) is 59.4 Å². The number of halogens is 1. The molecule has 0 saturated carbocycles. The van der Waals surface area contributed by atoms with Gasteiger partial charge in [0, 0.05) is 16.5 Å². The van der Waals surface area contributed by atoms with Crippen molar-refractivity contribution in [2.45, 2.75) is 12.1 Å². The van der Waals surface area contributed by atoms with Gasteiger partial charge in [0.25, 0.3) is 0 Å². The van der Waals surface area contributed by atoms with Gasteiger partial charge >= 0.3 is 0 Å². The zero-order valence-electron chi connectivity index (χ0n) is 13.3. The molecule has 0 saturated heterocycles. The van der Waals surface area contributed by atoms with Crippen molar-refractivity contribution >= 4 is 39.6 Å². The minimum absolute atomic E-state index is 0.110. The van der Waals surface area contributed by atoms with Crippen LogP contribution in [0.2, 0.25) is 0 Å². The second-order valence-electron chi connectivity index (χ2n) is 5.68. The first-order valence-corrected chi connectivity index (χ1v) is 8.63. The fraction of sp³-hybridized carbons (Fsp3) is 0.111. The van der Waals surface area contributed by atoms with Crippen LogP contribution in [-0.2, 0) is 0 Å². The molecule has 0 radical (unpaired) electrons. The van der Waals surface area contributed by atoms with E-state index in [1.807, 2.05) is 25.1 Å². The summed E-state index contributed by atoms with van der Waals surface area (Å²) in [4.78, 5) is 19.8. The monoisotopic (exact) mass is 352 g/mol. The van der Waals surface area contributed by atoms with Gasteiger partial charge in [-0.05, 0) is 43.3 Å². The first-order valence-electron chi connectivity index (χ1n) is 7.64. The first kappa shape index (κ1) is 15.7. The number of aromatic amines is 1. The van der Waals surface area contributed by atoms with Crippen LogP contribution in [0.5, 0.6) is 0 Å². The van der Waals surface area contributed by atoms with Crippen LogP contribution in [0.3, 0.4) is 0 Å². The van der Waals surface area contributed by atoms with Crippen molar-refractivity contribution in [2.24, 2.45) is 0 Å². The molecule has 5 nitrogen and oxygen atoms in total. The van der Waals surface area contributed by atoms with Crippen molar-refractivity contribution in [1.82, 2.24) is 20.2 Å². The number of thioether (sulfide) groups is 1. The lowest BCUT2D eigenvalue weighted by Crippen LogP contribution is -2.03. The van der Waals surface area contributed by atoms with Crippen molar-refractivity contribution in [2.75, 3.05) is 5.75 Å². The van der Waals surface area contributed by atoms with E-state index in [2.05, 4.69) is 20.2 Å². The molecule has 0 atom stereocenters. The van der Waals surface area contributed by atoms with E-state index in [9.17, 15) is 9.18 Å². The van der Waals surface area contributed by atoms with E-state index in [4.69, 9.17) is 0 Å². The molecule has 2 heterocycles. The van der Waals surface area contributed by atoms with Gasteiger partial charge in [-0.3, -0.25) is 4.79 Å². The number of hydrogen-bond acceptors (Lipinski definition) is 5. The number of aryl methyl sites for hydroxylation is 1. The molecule has 1 N–H and O–H groups in total. The number of nitrogens with one attached hydrogen (secondary N) is 1. The zero-order chi connectivity index (χ0) is 17.4. The van der Waals surface area contributed by atoms with E-state index >= 15 is 0 Å². The lowest BCUT2D eigenvalue weighted by Gasteiger charge is -2.00. The number of Topliss-reactive ketones (excluding diaryl/α,β-unsaturated/α-hetero) is 1. The SMILES string of the molecule is Cc1ccc2[nH]c3nc(SCC(=O)c4ccc(F)cc4)nnc3c2c1. The summed E-state index contributed by atoms with van der Waals surface area (Å²) in [6.07, 6.45) is 0. The molecule has 0 fully saturated rings. The average molecular weight is 352 g/mol. The summed E-state index contributed by atoms with van der Waals surface area (Å²) >= 11 is 1.21. The Morgan fingerprint density at radius 1 is 1.16 bits per heavy atom. The zero-order valence-corrected chi connectivity index (χ0v) is 14.1. The number of hydrogen-bond donors (Lipinski definition) is 1. The number of fused-ring (bicyclic) bond motifs is 3. The largest absolute Gasteiger partial charge is 0.338 e. The Kier molecular flexibility index (Phi) is 3.93. The third kappa shape index (κ3) is 3.10. The highest BCUT2D eigenvalue weighted by Crippen LogP contribution is 2.24. The first-order chi connectivity index (χ1) is 12.1. The quantitative estimate of drug-likeness (QED) is 0.445. The van der Waals surface area contributed by atoms with Gasteiger partial charge in [0.15, 0.2) is 11.4 Å². The number of nitrogens with zero attached hydrogens (tertiary/aromatic N) is 3. The molecule has 7 heteroatoms. The molecule has 0 bridgehead atoms. The van der Waals surface area contributed by atoms with Gasteiger partial charge in [-0.1, -0.05) is 23.4 Å². The lowest BCUT2D eigenvalue weighted by atomic mass is 10.1. The molecule has 0 unspecified atom stereocenters. The molecule has 0 aliphatic heterocycles. The number of carbonyl (C=O) groups is 1. The third-order valence-corrected chi connectivity index (χ3v) is 4.69. The van der Waals surface area contributed by atoms with Crippen LogP contribution in [0.1, 0.15) is 15.9 Å². The van der Waals surface area contributed by atoms with Gasteiger partial charge in [0.05, 0.1) is 5.75 Å². The summed E-state index contributed by atoms with van der Waals surface area (Å²) in [5.41, 5.74) is 3.91. The molecule has 0 amide bonds. The highest BCUT2D eigenvalue weighted by atomic mass is 32.2. The maximum atomic E-state index is 12.9. The Hall–Kier alpha value is -2.80.